The van der Waals surface area contributed by atoms with Gasteiger partial charge in [-0.05, 0) is 37.3 Å². The van der Waals surface area contributed by atoms with Crippen LogP contribution in [0.1, 0.15) is 19.0 Å². The van der Waals surface area contributed by atoms with Gasteiger partial charge in [0.1, 0.15) is 17.3 Å². The van der Waals surface area contributed by atoms with Crippen molar-refractivity contribution >= 4 is 5.91 Å². The molecule has 22 heavy (non-hydrogen) atoms. The smallest absolute Gasteiger partial charge is 0.221 e. The van der Waals surface area contributed by atoms with Gasteiger partial charge in [0.2, 0.25) is 5.91 Å². The average molecular weight is 303 g/mol. The first-order valence-electron chi connectivity index (χ1n) is 6.93. The minimum atomic E-state index is -0.320. The number of carbonyl (C=O) groups excluding carboxylic acids is 1. The third-order valence-electron chi connectivity index (χ3n) is 2.81. The van der Waals surface area contributed by atoms with Gasteiger partial charge in [-0.3, -0.25) is 9.78 Å². The predicted molar refractivity (Wildman–Crippen MR) is 80.8 cm³/mol. The van der Waals surface area contributed by atoms with Crippen molar-refractivity contribution in [2.45, 2.75) is 25.9 Å². The van der Waals surface area contributed by atoms with Gasteiger partial charge in [0.25, 0.3) is 0 Å². The monoisotopic (exact) mass is 303 g/mol. The van der Waals surface area contributed by atoms with Gasteiger partial charge < -0.3 is 15.8 Å². The number of pyridine rings is 1. The fraction of sp³-hybridized carbons (Fsp3) is 0.250. The number of nitrogens with two attached hydrogens (primary N) is 1. The fourth-order valence-electron chi connectivity index (χ4n) is 1.81. The summed E-state index contributed by atoms with van der Waals surface area (Å²) in [6.45, 7) is 2.07. The molecule has 1 aromatic heterocycles. The van der Waals surface area contributed by atoms with E-state index in [-0.39, 0.29) is 24.2 Å². The van der Waals surface area contributed by atoms with Gasteiger partial charge in [-0.15, -0.1) is 0 Å². The van der Waals surface area contributed by atoms with Crippen LogP contribution in [0.2, 0.25) is 0 Å². The van der Waals surface area contributed by atoms with Crippen molar-refractivity contribution in [3.05, 3.63) is 54.1 Å². The van der Waals surface area contributed by atoms with Crippen molar-refractivity contribution in [1.82, 2.24) is 10.3 Å². The summed E-state index contributed by atoms with van der Waals surface area (Å²) in [6, 6.07) is 8.96. The number of carbonyl (C=O) groups is 1. The number of aromatic nitrogens is 1. The summed E-state index contributed by atoms with van der Waals surface area (Å²) in [5.41, 5.74) is 6.22. The number of hydrogen-bond donors (Lipinski definition) is 2. The van der Waals surface area contributed by atoms with E-state index >= 15 is 0 Å². The van der Waals surface area contributed by atoms with Crippen molar-refractivity contribution in [3.63, 3.8) is 0 Å². The highest BCUT2D eigenvalue weighted by molar-refractivity contribution is 5.76. The first kappa shape index (κ1) is 15.9. The van der Waals surface area contributed by atoms with Crippen LogP contribution in [0.15, 0.2) is 42.6 Å². The van der Waals surface area contributed by atoms with E-state index in [1.54, 1.807) is 37.4 Å². The van der Waals surface area contributed by atoms with Gasteiger partial charge in [-0.1, -0.05) is 0 Å². The van der Waals surface area contributed by atoms with Crippen molar-refractivity contribution < 1.29 is 13.9 Å². The molecule has 1 atom stereocenters. The molecule has 0 radical (unpaired) electrons. The van der Waals surface area contributed by atoms with Crippen LogP contribution in [0.3, 0.4) is 0 Å². The molecular weight excluding hydrogens is 285 g/mol. The quantitative estimate of drug-likeness (QED) is 0.859. The summed E-state index contributed by atoms with van der Waals surface area (Å²) in [7, 11) is 0. The number of hydrogen-bond acceptors (Lipinski definition) is 4. The number of nitrogens with zero attached hydrogens (tertiary/aromatic N) is 1. The summed E-state index contributed by atoms with van der Waals surface area (Å²) in [5, 5.41) is 2.74. The van der Waals surface area contributed by atoms with Crippen molar-refractivity contribution in [3.8, 4) is 11.5 Å². The van der Waals surface area contributed by atoms with Gasteiger partial charge >= 0.3 is 0 Å². The van der Waals surface area contributed by atoms with E-state index in [0.29, 0.717) is 23.7 Å². The maximum absolute atomic E-state index is 12.8. The van der Waals surface area contributed by atoms with E-state index in [2.05, 4.69) is 10.3 Å². The molecule has 2 aromatic rings. The molecule has 0 bridgehead atoms. The Morgan fingerprint density at radius 3 is 2.73 bits per heavy atom. The van der Waals surface area contributed by atoms with Gasteiger partial charge in [0, 0.05) is 24.7 Å². The highest BCUT2D eigenvalue weighted by atomic mass is 19.1. The van der Waals surface area contributed by atoms with Crippen LogP contribution in [0.5, 0.6) is 11.5 Å². The van der Waals surface area contributed by atoms with Crippen LogP contribution < -0.4 is 15.8 Å². The Balaban J connectivity index is 1.95. The maximum Gasteiger partial charge on any atom is 0.221 e. The molecule has 6 heteroatoms. The molecule has 2 rings (SSSR count). The molecule has 5 nitrogen and oxygen atoms in total. The fourth-order valence-corrected chi connectivity index (χ4v) is 1.81. The predicted octanol–water partition coefficient (Wildman–Crippen LogP) is 2.37. The van der Waals surface area contributed by atoms with Gasteiger partial charge in [0.15, 0.2) is 0 Å². The molecule has 0 spiro atoms. The lowest BCUT2D eigenvalue weighted by Gasteiger charge is -2.09. The topological polar surface area (TPSA) is 77.2 Å². The molecule has 116 valence electrons. The molecule has 0 fully saturated rings. The van der Waals surface area contributed by atoms with E-state index in [9.17, 15) is 9.18 Å². The largest absolute Gasteiger partial charge is 0.457 e. The first-order chi connectivity index (χ1) is 10.5. The van der Waals surface area contributed by atoms with Crippen LogP contribution in [-0.4, -0.2) is 16.9 Å². The molecule has 0 saturated heterocycles. The molecule has 1 amide bonds. The molecule has 0 aliphatic heterocycles. The van der Waals surface area contributed by atoms with Gasteiger partial charge in [-0.2, -0.15) is 0 Å². The number of benzene rings is 1. The molecule has 0 saturated carbocycles. The number of halogens is 1. The minimum Gasteiger partial charge on any atom is -0.457 e. The lowest BCUT2D eigenvalue weighted by molar-refractivity contribution is -0.121. The van der Waals surface area contributed by atoms with E-state index in [1.165, 1.54) is 12.1 Å². The number of ether oxygens (including phenoxy) is 1. The highest BCUT2D eigenvalue weighted by Gasteiger charge is 2.06. The number of nitrogens with one attached hydrogen (secondary N) is 1. The summed E-state index contributed by atoms with van der Waals surface area (Å²) < 4.78 is 18.4. The van der Waals surface area contributed by atoms with Crippen molar-refractivity contribution in [2.75, 3.05) is 0 Å². The number of amides is 1. The lowest BCUT2D eigenvalue weighted by atomic mass is 10.2. The third kappa shape index (κ3) is 5.14. The summed E-state index contributed by atoms with van der Waals surface area (Å²) in [6.07, 6.45) is 1.86. The van der Waals surface area contributed by atoms with E-state index in [0.717, 1.165) is 0 Å². The van der Waals surface area contributed by atoms with E-state index < -0.39 is 0 Å². The Bertz CT molecular complexity index is 630. The second kappa shape index (κ2) is 7.51. The van der Waals surface area contributed by atoms with Crippen molar-refractivity contribution in [2.24, 2.45) is 5.73 Å². The van der Waals surface area contributed by atoms with Gasteiger partial charge in [0.05, 0.1) is 12.2 Å². The summed E-state index contributed by atoms with van der Waals surface area (Å²) >= 11 is 0. The lowest BCUT2D eigenvalue weighted by Crippen LogP contribution is -2.29. The van der Waals surface area contributed by atoms with E-state index in [4.69, 9.17) is 10.5 Å². The Kier molecular flexibility index (Phi) is 5.43. The highest BCUT2D eigenvalue weighted by Crippen LogP contribution is 2.21. The zero-order chi connectivity index (χ0) is 15.9. The average Bonchev–Trinajstić information content (AvgIpc) is 2.47. The molecule has 1 heterocycles. The molecule has 0 aliphatic carbocycles. The SMILES string of the molecule is CC(N)CC(=O)NCc1cc(Oc2ccc(F)cc2)ccn1. The van der Waals surface area contributed by atoms with Gasteiger partial charge in [-0.25, -0.2) is 4.39 Å². The van der Waals surface area contributed by atoms with Crippen LogP contribution in [0.4, 0.5) is 4.39 Å². The molecular formula is C16H18FN3O2. The Morgan fingerprint density at radius 1 is 1.32 bits per heavy atom. The summed E-state index contributed by atoms with van der Waals surface area (Å²) in [5.74, 6) is 0.652. The zero-order valence-electron chi connectivity index (χ0n) is 12.3. The normalized spacial score (nSPS) is 11.8. The van der Waals surface area contributed by atoms with Crippen molar-refractivity contribution in [1.29, 1.82) is 0 Å². The number of rotatable bonds is 6. The zero-order valence-corrected chi connectivity index (χ0v) is 12.3. The molecule has 1 unspecified atom stereocenters. The maximum atomic E-state index is 12.8. The van der Waals surface area contributed by atoms with Crippen LogP contribution in [-0.2, 0) is 11.3 Å². The Hall–Kier alpha value is -2.47. The second-order valence-corrected chi connectivity index (χ2v) is 5.00. The Morgan fingerprint density at radius 2 is 2.05 bits per heavy atom. The van der Waals surface area contributed by atoms with Crippen LogP contribution >= 0.6 is 0 Å². The Labute approximate surface area is 128 Å². The molecule has 3 N–H and O–H groups in total. The van der Waals surface area contributed by atoms with E-state index in [1.807, 2.05) is 0 Å². The standard InChI is InChI=1S/C16H18FN3O2/c1-11(18)8-16(21)20-10-13-9-15(6-7-19-13)22-14-4-2-12(17)3-5-14/h2-7,9,11H,8,10,18H2,1H3,(H,20,21). The molecule has 1 aromatic carbocycles. The second-order valence-electron chi connectivity index (χ2n) is 5.00. The minimum absolute atomic E-state index is 0.123. The first-order valence-corrected chi connectivity index (χ1v) is 6.93. The van der Waals surface area contributed by atoms with Crippen LogP contribution in [0.25, 0.3) is 0 Å². The molecule has 0 aliphatic rings. The summed E-state index contributed by atoms with van der Waals surface area (Å²) in [4.78, 5) is 15.7. The van der Waals surface area contributed by atoms with Crippen LogP contribution in [0, 0.1) is 5.82 Å². The third-order valence-corrected chi connectivity index (χ3v) is 2.81.